The number of halogens is 2. The zero-order valence-corrected chi connectivity index (χ0v) is 11.0. The average molecular weight is 266 g/mol. The second kappa shape index (κ2) is 5.44. The van der Waals surface area contributed by atoms with E-state index in [1.807, 2.05) is 43.3 Å². The van der Waals surface area contributed by atoms with Gasteiger partial charge in [-0.1, -0.05) is 41.4 Å². The SMILES string of the molecule is Cc1ccc(CNc2cccc(Cl)c2)c(Cl)c1. The van der Waals surface area contributed by atoms with Crippen molar-refractivity contribution in [3.05, 3.63) is 63.6 Å². The van der Waals surface area contributed by atoms with E-state index in [0.29, 0.717) is 6.54 Å². The van der Waals surface area contributed by atoms with E-state index in [9.17, 15) is 0 Å². The van der Waals surface area contributed by atoms with E-state index < -0.39 is 0 Å². The first-order chi connectivity index (χ1) is 8.15. The van der Waals surface area contributed by atoms with Crippen LogP contribution >= 0.6 is 23.2 Å². The summed E-state index contributed by atoms with van der Waals surface area (Å²) in [6, 6.07) is 13.7. The minimum absolute atomic E-state index is 0.694. The molecule has 0 amide bonds. The van der Waals surface area contributed by atoms with Gasteiger partial charge in [0, 0.05) is 22.3 Å². The van der Waals surface area contributed by atoms with E-state index in [-0.39, 0.29) is 0 Å². The van der Waals surface area contributed by atoms with Crippen molar-refractivity contribution < 1.29 is 0 Å². The van der Waals surface area contributed by atoms with Crippen LogP contribution in [-0.4, -0.2) is 0 Å². The van der Waals surface area contributed by atoms with Crippen LogP contribution in [-0.2, 0) is 6.54 Å². The number of aryl methyl sites for hydroxylation is 1. The fourth-order valence-corrected chi connectivity index (χ4v) is 2.08. The van der Waals surface area contributed by atoms with Gasteiger partial charge in [0.2, 0.25) is 0 Å². The molecule has 0 unspecified atom stereocenters. The van der Waals surface area contributed by atoms with Gasteiger partial charge in [-0.05, 0) is 42.3 Å². The lowest BCUT2D eigenvalue weighted by Gasteiger charge is -2.09. The molecule has 1 N–H and O–H groups in total. The maximum atomic E-state index is 6.16. The van der Waals surface area contributed by atoms with Gasteiger partial charge in [0.25, 0.3) is 0 Å². The Labute approximate surface area is 111 Å². The molecule has 0 fully saturated rings. The van der Waals surface area contributed by atoms with E-state index in [2.05, 4.69) is 11.4 Å². The molecule has 0 radical (unpaired) electrons. The summed E-state index contributed by atoms with van der Waals surface area (Å²) in [5.74, 6) is 0. The van der Waals surface area contributed by atoms with E-state index in [4.69, 9.17) is 23.2 Å². The van der Waals surface area contributed by atoms with Crippen molar-refractivity contribution >= 4 is 28.9 Å². The smallest absolute Gasteiger partial charge is 0.0458 e. The fourth-order valence-electron chi connectivity index (χ4n) is 1.59. The van der Waals surface area contributed by atoms with Gasteiger partial charge in [0.15, 0.2) is 0 Å². The van der Waals surface area contributed by atoms with Crippen LogP contribution in [0, 0.1) is 6.92 Å². The molecule has 0 saturated heterocycles. The predicted molar refractivity (Wildman–Crippen MR) is 75.0 cm³/mol. The Hall–Kier alpha value is -1.18. The standard InChI is InChI=1S/C14H13Cl2N/c1-10-5-6-11(14(16)7-10)9-17-13-4-2-3-12(15)8-13/h2-8,17H,9H2,1H3. The minimum atomic E-state index is 0.694. The van der Waals surface area contributed by atoms with Crippen LogP contribution in [0.3, 0.4) is 0 Å². The predicted octanol–water partition coefficient (Wildman–Crippen LogP) is 4.91. The number of benzene rings is 2. The van der Waals surface area contributed by atoms with Crippen LogP contribution in [0.4, 0.5) is 5.69 Å². The van der Waals surface area contributed by atoms with Gasteiger partial charge in [0.05, 0.1) is 0 Å². The molecular weight excluding hydrogens is 253 g/mol. The normalized spacial score (nSPS) is 10.3. The number of anilines is 1. The summed E-state index contributed by atoms with van der Waals surface area (Å²) in [5.41, 5.74) is 3.24. The molecule has 0 heterocycles. The molecule has 0 saturated carbocycles. The van der Waals surface area contributed by atoms with Crippen LogP contribution in [0.5, 0.6) is 0 Å². The number of hydrogen-bond donors (Lipinski definition) is 1. The molecule has 2 aromatic carbocycles. The van der Waals surface area contributed by atoms with Crippen molar-refractivity contribution in [1.82, 2.24) is 0 Å². The molecule has 88 valence electrons. The highest BCUT2D eigenvalue weighted by Gasteiger charge is 2.00. The van der Waals surface area contributed by atoms with Crippen LogP contribution in [0.1, 0.15) is 11.1 Å². The Bertz CT molecular complexity index is 523. The van der Waals surface area contributed by atoms with Gasteiger partial charge in [-0.25, -0.2) is 0 Å². The third kappa shape index (κ3) is 3.39. The Morgan fingerprint density at radius 2 is 1.88 bits per heavy atom. The van der Waals surface area contributed by atoms with Gasteiger partial charge in [0.1, 0.15) is 0 Å². The van der Waals surface area contributed by atoms with E-state index in [1.54, 1.807) is 0 Å². The second-order valence-electron chi connectivity index (χ2n) is 3.96. The average Bonchev–Trinajstić information content (AvgIpc) is 2.28. The highest BCUT2D eigenvalue weighted by molar-refractivity contribution is 6.31. The molecule has 0 bridgehead atoms. The Morgan fingerprint density at radius 1 is 1.06 bits per heavy atom. The summed E-state index contributed by atoms with van der Waals surface area (Å²) in [5, 5.41) is 4.81. The summed E-state index contributed by atoms with van der Waals surface area (Å²) in [6.07, 6.45) is 0. The van der Waals surface area contributed by atoms with Gasteiger partial charge in [-0.15, -0.1) is 0 Å². The van der Waals surface area contributed by atoms with Gasteiger partial charge < -0.3 is 5.32 Å². The van der Waals surface area contributed by atoms with Crippen molar-refractivity contribution in [2.75, 3.05) is 5.32 Å². The second-order valence-corrected chi connectivity index (χ2v) is 4.80. The lowest BCUT2D eigenvalue weighted by Crippen LogP contribution is -2.00. The third-order valence-corrected chi connectivity index (χ3v) is 3.10. The first kappa shape index (κ1) is 12.3. The molecule has 0 aromatic heterocycles. The van der Waals surface area contributed by atoms with Crippen LogP contribution in [0.15, 0.2) is 42.5 Å². The molecule has 0 aliphatic rings. The van der Waals surface area contributed by atoms with Gasteiger partial charge in [-0.3, -0.25) is 0 Å². The zero-order valence-electron chi connectivity index (χ0n) is 9.50. The first-order valence-corrected chi connectivity index (χ1v) is 6.15. The lowest BCUT2D eigenvalue weighted by atomic mass is 10.1. The maximum Gasteiger partial charge on any atom is 0.0458 e. The van der Waals surface area contributed by atoms with Gasteiger partial charge in [-0.2, -0.15) is 0 Å². The van der Waals surface area contributed by atoms with Gasteiger partial charge >= 0.3 is 0 Å². The fraction of sp³-hybridized carbons (Fsp3) is 0.143. The number of nitrogens with one attached hydrogen (secondary N) is 1. The van der Waals surface area contributed by atoms with Crippen molar-refractivity contribution in [1.29, 1.82) is 0 Å². The minimum Gasteiger partial charge on any atom is -0.381 e. The molecular formula is C14H13Cl2N. The van der Waals surface area contributed by atoms with E-state index in [0.717, 1.165) is 21.3 Å². The van der Waals surface area contributed by atoms with E-state index in [1.165, 1.54) is 5.56 Å². The zero-order chi connectivity index (χ0) is 12.3. The van der Waals surface area contributed by atoms with Crippen molar-refractivity contribution in [3.63, 3.8) is 0 Å². The molecule has 0 atom stereocenters. The quantitative estimate of drug-likeness (QED) is 0.831. The maximum absolute atomic E-state index is 6.16. The van der Waals surface area contributed by atoms with E-state index >= 15 is 0 Å². The van der Waals surface area contributed by atoms with Crippen molar-refractivity contribution in [2.24, 2.45) is 0 Å². The Kier molecular flexibility index (Phi) is 3.93. The number of hydrogen-bond acceptors (Lipinski definition) is 1. The summed E-state index contributed by atoms with van der Waals surface area (Å²) in [7, 11) is 0. The summed E-state index contributed by atoms with van der Waals surface area (Å²) in [6.45, 7) is 2.72. The summed E-state index contributed by atoms with van der Waals surface area (Å²) >= 11 is 12.1. The summed E-state index contributed by atoms with van der Waals surface area (Å²) in [4.78, 5) is 0. The molecule has 0 spiro atoms. The van der Waals surface area contributed by atoms with Crippen molar-refractivity contribution in [2.45, 2.75) is 13.5 Å². The lowest BCUT2D eigenvalue weighted by molar-refractivity contribution is 1.14. The summed E-state index contributed by atoms with van der Waals surface area (Å²) < 4.78 is 0. The largest absolute Gasteiger partial charge is 0.381 e. The topological polar surface area (TPSA) is 12.0 Å². The molecule has 3 heteroatoms. The van der Waals surface area contributed by atoms with Crippen LogP contribution in [0.25, 0.3) is 0 Å². The molecule has 1 nitrogen and oxygen atoms in total. The molecule has 0 aliphatic carbocycles. The van der Waals surface area contributed by atoms with Crippen LogP contribution in [0.2, 0.25) is 10.0 Å². The highest BCUT2D eigenvalue weighted by Crippen LogP contribution is 2.20. The molecule has 2 rings (SSSR count). The first-order valence-electron chi connectivity index (χ1n) is 5.39. The Balaban J connectivity index is 2.07. The highest BCUT2D eigenvalue weighted by atomic mass is 35.5. The Morgan fingerprint density at radius 3 is 2.59 bits per heavy atom. The molecule has 2 aromatic rings. The monoisotopic (exact) mass is 265 g/mol. The molecule has 0 aliphatic heterocycles. The van der Waals surface area contributed by atoms with Crippen LogP contribution < -0.4 is 5.32 Å². The van der Waals surface area contributed by atoms with Crippen molar-refractivity contribution in [3.8, 4) is 0 Å². The molecule has 17 heavy (non-hydrogen) atoms. The number of rotatable bonds is 3. The third-order valence-electron chi connectivity index (χ3n) is 2.52.